The molecule has 0 radical (unpaired) electrons. The monoisotopic (exact) mass is 417 g/mol. The molecule has 1 aliphatic heterocycles. The minimum Gasteiger partial charge on any atom is -0.497 e. The molecule has 0 bridgehead atoms. The molecule has 2 rings (SSSR count). The second kappa shape index (κ2) is 13.1. The van der Waals surface area contributed by atoms with E-state index in [1.54, 1.807) is 7.11 Å². The molecular formula is C23H39N5O2. The van der Waals surface area contributed by atoms with E-state index in [1.165, 1.54) is 5.56 Å². The molecule has 7 heteroatoms. The van der Waals surface area contributed by atoms with E-state index in [0.717, 1.165) is 63.8 Å². The standard InChI is InChI=1S/C23H39N5O2/c1-5-24-23(25-14-10-16-28-15-9-13-22(28)29)26-18-21(27(6-2)7-3)19-11-8-12-20(17-19)30-4/h8,11-12,17,21H,5-7,9-10,13-16,18H2,1-4H3,(H2,24,25,26). The molecule has 1 aromatic rings. The van der Waals surface area contributed by atoms with E-state index in [-0.39, 0.29) is 11.9 Å². The lowest BCUT2D eigenvalue weighted by Crippen LogP contribution is -2.40. The van der Waals surface area contributed by atoms with Crippen molar-refractivity contribution in [3.05, 3.63) is 29.8 Å². The predicted octanol–water partition coefficient (Wildman–Crippen LogP) is 2.65. The van der Waals surface area contributed by atoms with E-state index < -0.39 is 0 Å². The Balaban J connectivity index is 2.00. The van der Waals surface area contributed by atoms with Gasteiger partial charge >= 0.3 is 0 Å². The molecule has 1 heterocycles. The van der Waals surface area contributed by atoms with Gasteiger partial charge in [0.15, 0.2) is 5.96 Å². The van der Waals surface area contributed by atoms with Gasteiger partial charge in [-0.1, -0.05) is 26.0 Å². The van der Waals surface area contributed by atoms with Crippen molar-refractivity contribution in [2.75, 3.05) is 52.9 Å². The molecule has 1 aliphatic rings. The van der Waals surface area contributed by atoms with Gasteiger partial charge in [-0.2, -0.15) is 0 Å². The summed E-state index contributed by atoms with van der Waals surface area (Å²) in [5.41, 5.74) is 1.21. The van der Waals surface area contributed by atoms with Crippen molar-refractivity contribution in [1.29, 1.82) is 0 Å². The van der Waals surface area contributed by atoms with Gasteiger partial charge in [-0.3, -0.25) is 14.7 Å². The third-order valence-corrected chi connectivity index (χ3v) is 5.57. The lowest BCUT2D eigenvalue weighted by atomic mass is 10.0. The smallest absolute Gasteiger partial charge is 0.222 e. The lowest BCUT2D eigenvalue weighted by molar-refractivity contribution is -0.127. The number of likely N-dealkylation sites (N-methyl/N-ethyl adjacent to an activating group) is 1. The predicted molar refractivity (Wildman–Crippen MR) is 123 cm³/mol. The number of carbonyl (C=O) groups is 1. The summed E-state index contributed by atoms with van der Waals surface area (Å²) in [5, 5.41) is 6.76. The molecule has 1 fully saturated rings. The average Bonchev–Trinajstić information content (AvgIpc) is 3.18. The SMILES string of the molecule is CCNC(=NCC(c1cccc(OC)c1)N(CC)CC)NCCCN1CCCC1=O. The molecule has 7 nitrogen and oxygen atoms in total. The van der Waals surface area contributed by atoms with Crippen LogP contribution < -0.4 is 15.4 Å². The molecule has 1 aromatic carbocycles. The molecule has 0 spiro atoms. The highest BCUT2D eigenvalue weighted by atomic mass is 16.5. The first-order valence-corrected chi connectivity index (χ1v) is 11.3. The summed E-state index contributed by atoms with van der Waals surface area (Å²) in [4.78, 5) is 21.0. The second-order valence-electron chi connectivity index (χ2n) is 7.50. The first-order chi connectivity index (χ1) is 14.6. The van der Waals surface area contributed by atoms with E-state index in [4.69, 9.17) is 9.73 Å². The minimum absolute atomic E-state index is 0.188. The van der Waals surface area contributed by atoms with E-state index >= 15 is 0 Å². The molecule has 0 aliphatic carbocycles. The Morgan fingerprint density at radius 1 is 1.27 bits per heavy atom. The fourth-order valence-electron chi connectivity index (χ4n) is 3.88. The number of hydrogen-bond acceptors (Lipinski definition) is 4. The zero-order valence-electron chi connectivity index (χ0n) is 19.1. The maximum Gasteiger partial charge on any atom is 0.222 e. The Morgan fingerprint density at radius 2 is 2.07 bits per heavy atom. The number of aliphatic imine (C=N–C) groups is 1. The number of nitrogens with one attached hydrogen (secondary N) is 2. The molecule has 1 unspecified atom stereocenters. The Morgan fingerprint density at radius 3 is 2.70 bits per heavy atom. The van der Waals surface area contributed by atoms with Crippen LogP contribution in [0.3, 0.4) is 0 Å². The summed E-state index contributed by atoms with van der Waals surface area (Å²) in [6.07, 6.45) is 2.62. The fourth-order valence-corrected chi connectivity index (χ4v) is 3.88. The van der Waals surface area contributed by atoms with Gasteiger partial charge in [-0.05, 0) is 50.6 Å². The van der Waals surface area contributed by atoms with Crippen molar-refractivity contribution in [2.45, 2.75) is 46.1 Å². The number of guanidine groups is 1. The van der Waals surface area contributed by atoms with Crippen molar-refractivity contribution in [2.24, 2.45) is 4.99 Å². The normalized spacial score (nSPS) is 15.6. The summed E-state index contributed by atoms with van der Waals surface area (Å²) in [7, 11) is 1.70. The number of benzene rings is 1. The van der Waals surface area contributed by atoms with Gasteiger partial charge in [-0.15, -0.1) is 0 Å². The fraction of sp³-hybridized carbons (Fsp3) is 0.652. The van der Waals surface area contributed by atoms with Crippen LogP contribution in [0.1, 0.15) is 51.6 Å². The highest BCUT2D eigenvalue weighted by molar-refractivity contribution is 5.80. The second-order valence-corrected chi connectivity index (χ2v) is 7.50. The van der Waals surface area contributed by atoms with Crippen LogP contribution in [0.25, 0.3) is 0 Å². The maximum atomic E-state index is 11.7. The van der Waals surface area contributed by atoms with E-state index in [0.29, 0.717) is 13.0 Å². The van der Waals surface area contributed by atoms with Gasteiger partial charge in [0.25, 0.3) is 0 Å². The van der Waals surface area contributed by atoms with Crippen LogP contribution in [0, 0.1) is 0 Å². The summed E-state index contributed by atoms with van der Waals surface area (Å²) < 4.78 is 5.42. The van der Waals surface area contributed by atoms with Gasteiger partial charge < -0.3 is 20.3 Å². The Labute approximate surface area is 181 Å². The first-order valence-electron chi connectivity index (χ1n) is 11.3. The molecule has 2 N–H and O–H groups in total. The molecule has 1 saturated heterocycles. The zero-order chi connectivity index (χ0) is 21.8. The Kier molecular flexibility index (Phi) is 10.5. The van der Waals surface area contributed by atoms with Crippen LogP contribution in [-0.4, -0.2) is 74.6 Å². The molecule has 0 saturated carbocycles. The number of methoxy groups -OCH3 is 1. The number of likely N-dealkylation sites (tertiary alicyclic amines) is 1. The molecule has 1 amide bonds. The van der Waals surface area contributed by atoms with Crippen molar-refractivity contribution in [3.63, 3.8) is 0 Å². The van der Waals surface area contributed by atoms with Crippen LogP contribution in [-0.2, 0) is 4.79 Å². The van der Waals surface area contributed by atoms with Gasteiger partial charge in [0, 0.05) is 32.6 Å². The summed E-state index contributed by atoms with van der Waals surface area (Å²) in [6, 6.07) is 8.45. The van der Waals surface area contributed by atoms with Gasteiger partial charge in [0.05, 0.1) is 19.7 Å². The largest absolute Gasteiger partial charge is 0.497 e. The highest BCUT2D eigenvalue weighted by Crippen LogP contribution is 2.24. The third-order valence-electron chi connectivity index (χ3n) is 5.57. The number of nitrogens with zero attached hydrogens (tertiary/aromatic N) is 3. The maximum absolute atomic E-state index is 11.7. The van der Waals surface area contributed by atoms with E-state index in [1.807, 2.05) is 17.0 Å². The van der Waals surface area contributed by atoms with Crippen LogP contribution >= 0.6 is 0 Å². The van der Waals surface area contributed by atoms with Gasteiger partial charge in [-0.25, -0.2) is 0 Å². The van der Waals surface area contributed by atoms with Crippen LogP contribution in [0.15, 0.2) is 29.3 Å². The van der Waals surface area contributed by atoms with Crippen molar-refractivity contribution in [3.8, 4) is 5.75 Å². The Bertz CT molecular complexity index is 675. The minimum atomic E-state index is 0.188. The number of ether oxygens (including phenoxy) is 1. The van der Waals surface area contributed by atoms with Crippen LogP contribution in [0.4, 0.5) is 0 Å². The summed E-state index contributed by atoms with van der Waals surface area (Å²) >= 11 is 0. The van der Waals surface area contributed by atoms with Crippen molar-refractivity contribution >= 4 is 11.9 Å². The molecular weight excluding hydrogens is 378 g/mol. The summed E-state index contributed by atoms with van der Waals surface area (Å²) in [6.45, 7) is 12.3. The average molecular weight is 418 g/mol. The van der Waals surface area contributed by atoms with E-state index in [9.17, 15) is 4.79 Å². The number of rotatable bonds is 12. The quantitative estimate of drug-likeness (QED) is 0.311. The van der Waals surface area contributed by atoms with E-state index in [2.05, 4.69) is 48.4 Å². The van der Waals surface area contributed by atoms with Crippen LogP contribution in [0.5, 0.6) is 5.75 Å². The number of amides is 1. The first kappa shape index (κ1) is 24.0. The molecule has 1 atom stereocenters. The molecule has 30 heavy (non-hydrogen) atoms. The van der Waals surface area contributed by atoms with Gasteiger partial charge in [0.1, 0.15) is 5.75 Å². The third kappa shape index (κ3) is 7.20. The summed E-state index contributed by atoms with van der Waals surface area (Å²) in [5.74, 6) is 1.98. The Hall–Kier alpha value is -2.28. The van der Waals surface area contributed by atoms with Gasteiger partial charge in [0.2, 0.25) is 5.91 Å². The van der Waals surface area contributed by atoms with Crippen molar-refractivity contribution in [1.82, 2.24) is 20.4 Å². The highest BCUT2D eigenvalue weighted by Gasteiger charge is 2.20. The molecule has 168 valence electrons. The topological polar surface area (TPSA) is 69.2 Å². The number of hydrogen-bond donors (Lipinski definition) is 2. The van der Waals surface area contributed by atoms with Crippen molar-refractivity contribution < 1.29 is 9.53 Å². The lowest BCUT2D eigenvalue weighted by Gasteiger charge is -2.29. The van der Waals surface area contributed by atoms with Crippen LogP contribution in [0.2, 0.25) is 0 Å². The zero-order valence-corrected chi connectivity index (χ0v) is 19.1. The molecule has 0 aromatic heterocycles. The number of carbonyl (C=O) groups excluding carboxylic acids is 1.